The van der Waals surface area contributed by atoms with Gasteiger partial charge in [0.25, 0.3) is 5.91 Å². The molecule has 3 nitrogen and oxygen atoms in total. The molecule has 110 valence electrons. The van der Waals surface area contributed by atoms with E-state index < -0.39 is 5.82 Å². The molecule has 0 saturated carbocycles. The number of ether oxygens (including phenoxy) is 1. The summed E-state index contributed by atoms with van der Waals surface area (Å²) in [6.45, 7) is 3.82. The van der Waals surface area contributed by atoms with Crippen molar-refractivity contribution in [1.82, 2.24) is 0 Å². The predicted molar refractivity (Wildman–Crippen MR) is 81.6 cm³/mol. The quantitative estimate of drug-likeness (QED) is 0.902. The lowest BCUT2D eigenvalue weighted by Gasteiger charge is -2.11. The molecule has 0 unspecified atom stereocenters. The zero-order chi connectivity index (χ0) is 15.4. The van der Waals surface area contributed by atoms with E-state index in [4.69, 9.17) is 16.3 Å². The molecular weight excluding hydrogens is 293 g/mol. The topological polar surface area (TPSA) is 38.3 Å². The van der Waals surface area contributed by atoms with Crippen LogP contribution in [-0.2, 0) is 0 Å². The van der Waals surface area contributed by atoms with E-state index in [2.05, 4.69) is 5.32 Å². The highest BCUT2D eigenvalue weighted by atomic mass is 35.5. The van der Waals surface area contributed by atoms with Gasteiger partial charge in [-0.1, -0.05) is 17.7 Å². The maximum atomic E-state index is 13.1. The van der Waals surface area contributed by atoms with Crippen LogP contribution >= 0.6 is 11.6 Å². The van der Waals surface area contributed by atoms with E-state index in [0.717, 1.165) is 0 Å². The van der Waals surface area contributed by atoms with Crippen molar-refractivity contribution in [3.63, 3.8) is 0 Å². The number of carbonyl (C=O) groups is 1. The van der Waals surface area contributed by atoms with Crippen molar-refractivity contribution >= 4 is 23.2 Å². The first-order valence-electron chi connectivity index (χ1n) is 6.49. The number of hydrogen-bond donors (Lipinski definition) is 1. The van der Waals surface area contributed by atoms with Gasteiger partial charge in [0, 0.05) is 11.3 Å². The van der Waals surface area contributed by atoms with Crippen molar-refractivity contribution in [2.75, 3.05) is 5.32 Å². The van der Waals surface area contributed by atoms with Gasteiger partial charge in [-0.25, -0.2) is 4.39 Å². The molecule has 21 heavy (non-hydrogen) atoms. The fourth-order valence-corrected chi connectivity index (χ4v) is 1.94. The molecule has 2 rings (SSSR count). The van der Waals surface area contributed by atoms with E-state index in [0.29, 0.717) is 17.0 Å². The smallest absolute Gasteiger partial charge is 0.255 e. The van der Waals surface area contributed by atoms with Gasteiger partial charge >= 0.3 is 0 Å². The summed E-state index contributed by atoms with van der Waals surface area (Å²) in [7, 11) is 0. The minimum Gasteiger partial charge on any atom is -0.491 e. The third-order valence-corrected chi connectivity index (χ3v) is 2.94. The SMILES string of the molecule is CC(C)Oc1cccc(C(=O)Nc2ccc(F)c(Cl)c2)c1. The van der Waals surface area contributed by atoms with Gasteiger partial charge in [0.1, 0.15) is 11.6 Å². The molecule has 0 aromatic heterocycles. The molecule has 0 radical (unpaired) electrons. The number of hydrogen-bond acceptors (Lipinski definition) is 2. The Morgan fingerprint density at radius 1 is 1.24 bits per heavy atom. The van der Waals surface area contributed by atoms with Crippen LogP contribution < -0.4 is 10.1 Å². The van der Waals surface area contributed by atoms with Gasteiger partial charge in [0.05, 0.1) is 11.1 Å². The second-order valence-corrected chi connectivity index (χ2v) is 5.18. The Morgan fingerprint density at radius 3 is 2.67 bits per heavy atom. The highest BCUT2D eigenvalue weighted by Gasteiger charge is 2.09. The second-order valence-electron chi connectivity index (χ2n) is 4.78. The number of halogens is 2. The Morgan fingerprint density at radius 2 is 2.00 bits per heavy atom. The summed E-state index contributed by atoms with van der Waals surface area (Å²) in [5.41, 5.74) is 0.884. The lowest BCUT2D eigenvalue weighted by Crippen LogP contribution is -2.12. The van der Waals surface area contributed by atoms with Gasteiger partial charge in [-0.15, -0.1) is 0 Å². The number of benzene rings is 2. The molecule has 0 saturated heterocycles. The van der Waals surface area contributed by atoms with E-state index in [-0.39, 0.29) is 17.0 Å². The Bertz CT molecular complexity index is 658. The molecule has 0 fully saturated rings. The van der Waals surface area contributed by atoms with E-state index in [1.165, 1.54) is 18.2 Å². The Labute approximate surface area is 127 Å². The van der Waals surface area contributed by atoms with Crippen LogP contribution in [0.1, 0.15) is 24.2 Å². The molecule has 0 atom stereocenters. The van der Waals surface area contributed by atoms with Crippen molar-refractivity contribution in [2.45, 2.75) is 20.0 Å². The van der Waals surface area contributed by atoms with Crippen LogP contribution in [0, 0.1) is 5.82 Å². The van der Waals surface area contributed by atoms with Crippen LogP contribution in [-0.4, -0.2) is 12.0 Å². The van der Waals surface area contributed by atoms with E-state index in [9.17, 15) is 9.18 Å². The van der Waals surface area contributed by atoms with Crippen LogP contribution in [0.3, 0.4) is 0 Å². The number of rotatable bonds is 4. The summed E-state index contributed by atoms with van der Waals surface area (Å²) in [6.07, 6.45) is 0.0271. The minimum absolute atomic E-state index is 0.0271. The molecule has 0 aliphatic heterocycles. The lowest BCUT2D eigenvalue weighted by atomic mass is 10.2. The van der Waals surface area contributed by atoms with E-state index >= 15 is 0 Å². The van der Waals surface area contributed by atoms with Crippen LogP contribution in [0.4, 0.5) is 10.1 Å². The fraction of sp³-hybridized carbons (Fsp3) is 0.188. The van der Waals surface area contributed by atoms with Crippen molar-refractivity contribution in [3.05, 3.63) is 58.9 Å². The zero-order valence-electron chi connectivity index (χ0n) is 11.7. The first-order valence-corrected chi connectivity index (χ1v) is 6.86. The molecule has 0 aliphatic carbocycles. The maximum absolute atomic E-state index is 13.1. The summed E-state index contributed by atoms with van der Waals surface area (Å²) in [6, 6.07) is 10.9. The number of anilines is 1. The third kappa shape index (κ3) is 4.20. The van der Waals surface area contributed by atoms with Gasteiger partial charge in [-0.2, -0.15) is 0 Å². The molecule has 2 aromatic carbocycles. The van der Waals surface area contributed by atoms with Crippen molar-refractivity contribution in [2.24, 2.45) is 0 Å². The van der Waals surface area contributed by atoms with E-state index in [1.54, 1.807) is 24.3 Å². The molecule has 5 heteroatoms. The summed E-state index contributed by atoms with van der Waals surface area (Å²) < 4.78 is 18.6. The van der Waals surface area contributed by atoms with Crippen molar-refractivity contribution in [3.8, 4) is 5.75 Å². The Balaban J connectivity index is 2.14. The molecule has 1 amide bonds. The first kappa shape index (κ1) is 15.3. The van der Waals surface area contributed by atoms with Crippen molar-refractivity contribution < 1.29 is 13.9 Å². The Kier molecular flexibility index (Phi) is 4.81. The monoisotopic (exact) mass is 307 g/mol. The van der Waals surface area contributed by atoms with Crippen LogP contribution in [0.2, 0.25) is 5.02 Å². The normalized spacial score (nSPS) is 10.5. The van der Waals surface area contributed by atoms with Crippen LogP contribution in [0.5, 0.6) is 5.75 Å². The largest absolute Gasteiger partial charge is 0.491 e. The molecule has 2 aromatic rings. The zero-order valence-corrected chi connectivity index (χ0v) is 12.4. The average molecular weight is 308 g/mol. The summed E-state index contributed by atoms with van der Waals surface area (Å²) in [5, 5.41) is 2.62. The molecule has 0 bridgehead atoms. The van der Waals surface area contributed by atoms with Crippen LogP contribution in [0.15, 0.2) is 42.5 Å². The van der Waals surface area contributed by atoms with Gasteiger partial charge in [-0.05, 0) is 50.2 Å². The predicted octanol–water partition coefficient (Wildman–Crippen LogP) is 4.52. The number of amides is 1. The standard InChI is InChI=1S/C16H15ClFNO2/c1-10(2)21-13-5-3-4-11(8-13)16(20)19-12-6-7-15(18)14(17)9-12/h3-10H,1-2H3,(H,19,20). The second kappa shape index (κ2) is 6.59. The average Bonchev–Trinajstić information content (AvgIpc) is 2.42. The summed E-state index contributed by atoms with van der Waals surface area (Å²) in [5.74, 6) is -0.219. The maximum Gasteiger partial charge on any atom is 0.255 e. The van der Waals surface area contributed by atoms with Gasteiger partial charge in [-0.3, -0.25) is 4.79 Å². The van der Waals surface area contributed by atoms with Gasteiger partial charge in [0.15, 0.2) is 0 Å². The molecular formula is C16H15ClFNO2. The lowest BCUT2D eigenvalue weighted by molar-refractivity contribution is 0.102. The molecule has 0 aliphatic rings. The number of nitrogens with one attached hydrogen (secondary N) is 1. The molecule has 0 heterocycles. The van der Waals surface area contributed by atoms with Gasteiger partial charge in [0.2, 0.25) is 0 Å². The minimum atomic E-state index is -0.526. The van der Waals surface area contributed by atoms with Gasteiger partial charge < -0.3 is 10.1 Å². The summed E-state index contributed by atoms with van der Waals surface area (Å²) >= 11 is 5.68. The summed E-state index contributed by atoms with van der Waals surface area (Å²) in [4.78, 5) is 12.1. The van der Waals surface area contributed by atoms with Crippen molar-refractivity contribution in [1.29, 1.82) is 0 Å². The van der Waals surface area contributed by atoms with E-state index in [1.807, 2.05) is 13.8 Å². The molecule has 1 N–H and O–H groups in total. The molecule has 0 spiro atoms. The Hall–Kier alpha value is -2.07. The van der Waals surface area contributed by atoms with Crippen LogP contribution in [0.25, 0.3) is 0 Å². The highest BCUT2D eigenvalue weighted by Crippen LogP contribution is 2.21. The third-order valence-electron chi connectivity index (χ3n) is 2.65. The fourth-order valence-electron chi connectivity index (χ4n) is 1.76. The number of carbonyl (C=O) groups excluding carboxylic acids is 1. The first-order chi connectivity index (χ1) is 9.95. The highest BCUT2D eigenvalue weighted by molar-refractivity contribution is 6.31.